The molecule has 4 heteroatoms. The minimum atomic E-state index is 0.113. The number of carbonyl (C=O) groups excluding carboxylic acids is 1. The van der Waals surface area contributed by atoms with E-state index in [0.29, 0.717) is 12.5 Å². The van der Waals surface area contributed by atoms with Crippen LogP contribution in [0.2, 0.25) is 0 Å². The molecule has 0 bridgehead atoms. The highest BCUT2D eigenvalue weighted by molar-refractivity contribution is 5.75. The van der Waals surface area contributed by atoms with Crippen LogP contribution in [-0.4, -0.2) is 37.7 Å². The normalized spacial score (nSPS) is 27.1. The number of ether oxygens (including phenoxy) is 1. The Labute approximate surface area is 110 Å². The lowest BCUT2D eigenvalue weighted by molar-refractivity contribution is -0.120. The molecule has 0 aromatic carbocycles. The van der Waals surface area contributed by atoms with Gasteiger partial charge in [0.15, 0.2) is 0 Å². The molecule has 0 aromatic rings. The highest BCUT2D eigenvalue weighted by Gasteiger charge is 2.38. The molecular formula is C14H26N2O2. The van der Waals surface area contributed by atoms with Crippen LogP contribution >= 0.6 is 0 Å². The van der Waals surface area contributed by atoms with Gasteiger partial charge in [-0.1, -0.05) is 19.3 Å². The van der Waals surface area contributed by atoms with Crippen molar-refractivity contribution < 1.29 is 9.53 Å². The van der Waals surface area contributed by atoms with Crippen LogP contribution in [0.15, 0.2) is 0 Å². The molecule has 1 amide bonds. The maximum absolute atomic E-state index is 11.2. The second kappa shape index (κ2) is 6.53. The van der Waals surface area contributed by atoms with E-state index in [-0.39, 0.29) is 11.5 Å². The van der Waals surface area contributed by atoms with Gasteiger partial charge in [-0.2, -0.15) is 0 Å². The second-order valence-corrected chi connectivity index (χ2v) is 5.66. The predicted molar refractivity (Wildman–Crippen MR) is 71.5 cm³/mol. The van der Waals surface area contributed by atoms with Gasteiger partial charge in [0.25, 0.3) is 0 Å². The number of hydrogen-bond acceptors (Lipinski definition) is 3. The number of rotatable bonds is 4. The molecule has 1 saturated heterocycles. The van der Waals surface area contributed by atoms with E-state index in [4.69, 9.17) is 4.74 Å². The third-order valence-corrected chi connectivity index (χ3v) is 4.32. The molecular weight excluding hydrogens is 228 g/mol. The lowest BCUT2D eigenvalue weighted by atomic mass is 9.78. The molecule has 1 unspecified atom stereocenters. The highest BCUT2D eigenvalue weighted by atomic mass is 16.5. The Morgan fingerprint density at radius 2 is 2.11 bits per heavy atom. The molecule has 1 aliphatic heterocycles. The van der Waals surface area contributed by atoms with Gasteiger partial charge >= 0.3 is 0 Å². The first kappa shape index (κ1) is 13.8. The van der Waals surface area contributed by atoms with Crippen LogP contribution in [0.5, 0.6) is 0 Å². The topological polar surface area (TPSA) is 50.4 Å². The van der Waals surface area contributed by atoms with E-state index in [9.17, 15) is 4.79 Å². The average molecular weight is 254 g/mol. The van der Waals surface area contributed by atoms with Gasteiger partial charge in [0.2, 0.25) is 5.91 Å². The SMILES string of the molecule is CNC(=O)CCNC1CCOC2(CCCCC2)C1. The van der Waals surface area contributed by atoms with Gasteiger partial charge in [0, 0.05) is 32.7 Å². The summed E-state index contributed by atoms with van der Waals surface area (Å²) in [6.45, 7) is 1.65. The lowest BCUT2D eigenvalue weighted by Crippen LogP contribution is -2.48. The molecule has 2 rings (SSSR count). The molecule has 0 aromatic heterocycles. The maximum Gasteiger partial charge on any atom is 0.221 e. The van der Waals surface area contributed by atoms with E-state index in [1.54, 1.807) is 7.05 Å². The lowest BCUT2D eigenvalue weighted by Gasteiger charge is -2.43. The molecule has 18 heavy (non-hydrogen) atoms. The summed E-state index contributed by atoms with van der Waals surface area (Å²) < 4.78 is 6.07. The first-order valence-electron chi connectivity index (χ1n) is 7.32. The quantitative estimate of drug-likeness (QED) is 0.801. The Hall–Kier alpha value is -0.610. The van der Waals surface area contributed by atoms with E-state index in [2.05, 4.69) is 10.6 Å². The van der Waals surface area contributed by atoms with Crippen molar-refractivity contribution in [3.8, 4) is 0 Å². The van der Waals surface area contributed by atoms with Crippen molar-refractivity contribution in [1.29, 1.82) is 0 Å². The van der Waals surface area contributed by atoms with Crippen LogP contribution in [0.4, 0.5) is 0 Å². The van der Waals surface area contributed by atoms with Crippen molar-refractivity contribution in [2.45, 2.75) is 63.0 Å². The Bertz CT molecular complexity index is 269. The van der Waals surface area contributed by atoms with Crippen LogP contribution in [0.1, 0.15) is 51.4 Å². The molecule has 0 radical (unpaired) electrons. The molecule has 1 atom stereocenters. The van der Waals surface area contributed by atoms with Gasteiger partial charge in [-0.15, -0.1) is 0 Å². The molecule has 2 N–H and O–H groups in total. The Morgan fingerprint density at radius 1 is 1.33 bits per heavy atom. The van der Waals surface area contributed by atoms with E-state index < -0.39 is 0 Å². The number of amides is 1. The smallest absolute Gasteiger partial charge is 0.221 e. The van der Waals surface area contributed by atoms with Crippen LogP contribution in [0.25, 0.3) is 0 Å². The zero-order valence-electron chi connectivity index (χ0n) is 11.5. The highest BCUT2D eigenvalue weighted by Crippen LogP contribution is 2.38. The molecule has 1 spiro atoms. The average Bonchev–Trinajstić information content (AvgIpc) is 2.39. The third kappa shape index (κ3) is 3.69. The first-order valence-corrected chi connectivity index (χ1v) is 7.32. The summed E-state index contributed by atoms with van der Waals surface area (Å²) in [6.07, 6.45) is 9.20. The molecule has 2 aliphatic rings. The molecule has 1 aliphatic carbocycles. The molecule has 2 fully saturated rings. The first-order chi connectivity index (χ1) is 8.74. The van der Waals surface area contributed by atoms with Crippen LogP contribution in [0.3, 0.4) is 0 Å². The van der Waals surface area contributed by atoms with Crippen molar-refractivity contribution in [3.05, 3.63) is 0 Å². The fourth-order valence-corrected chi connectivity index (χ4v) is 3.26. The summed E-state index contributed by atoms with van der Waals surface area (Å²) >= 11 is 0. The standard InChI is InChI=1S/C14H26N2O2/c1-15-13(17)5-9-16-12-6-10-18-14(11-12)7-3-2-4-8-14/h12,16H,2-11H2,1H3,(H,15,17). The van der Waals surface area contributed by atoms with Crippen molar-refractivity contribution in [2.24, 2.45) is 0 Å². The van der Waals surface area contributed by atoms with Gasteiger partial charge in [0.1, 0.15) is 0 Å². The predicted octanol–water partition coefficient (Wildman–Crippen LogP) is 1.59. The molecule has 1 heterocycles. The minimum Gasteiger partial charge on any atom is -0.375 e. The number of hydrogen-bond donors (Lipinski definition) is 2. The van der Waals surface area contributed by atoms with Crippen molar-refractivity contribution >= 4 is 5.91 Å². The monoisotopic (exact) mass is 254 g/mol. The third-order valence-electron chi connectivity index (χ3n) is 4.32. The summed E-state index contributed by atoms with van der Waals surface area (Å²) in [6, 6.07) is 0.529. The van der Waals surface area contributed by atoms with Gasteiger partial charge in [-0.3, -0.25) is 4.79 Å². The summed E-state index contributed by atoms with van der Waals surface area (Å²) in [4.78, 5) is 11.2. The van der Waals surface area contributed by atoms with Crippen molar-refractivity contribution in [3.63, 3.8) is 0 Å². The van der Waals surface area contributed by atoms with Crippen molar-refractivity contribution in [1.82, 2.24) is 10.6 Å². The van der Waals surface area contributed by atoms with Gasteiger partial charge < -0.3 is 15.4 Å². The fraction of sp³-hybridized carbons (Fsp3) is 0.929. The Balaban J connectivity index is 1.74. The van der Waals surface area contributed by atoms with E-state index in [1.165, 1.54) is 32.1 Å². The van der Waals surface area contributed by atoms with Crippen molar-refractivity contribution in [2.75, 3.05) is 20.2 Å². The summed E-state index contributed by atoms with van der Waals surface area (Å²) in [7, 11) is 1.69. The van der Waals surface area contributed by atoms with Gasteiger partial charge in [-0.25, -0.2) is 0 Å². The molecule has 104 valence electrons. The van der Waals surface area contributed by atoms with E-state index in [0.717, 1.165) is 26.0 Å². The summed E-state index contributed by atoms with van der Waals surface area (Å²) in [5.74, 6) is 0.113. The zero-order valence-corrected chi connectivity index (χ0v) is 11.5. The Morgan fingerprint density at radius 3 is 2.83 bits per heavy atom. The molecule has 1 saturated carbocycles. The van der Waals surface area contributed by atoms with E-state index >= 15 is 0 Å². The number of nitrogens with one attached hydrogen (secondary N) is 2. The zero-order chi connectivity index (χ0) is 12.8. The van der Waals surface area contributed by atoms with Crippen LogP contribution < -0.4 is 10.6 Å². The summed E-state index contributed by atoms with van der Waals surface area (Å²) in [5, 5.41) is 6.17. The van der Waals surface area contributed by atoms with Gasteiger partial charge in [-0.05, 0) is 25.7 Å². The second-order valence-electron chi connectivity index (χ2n) is 5.66. The number of carbonyl (C=O) groups is 1. The summed E-state index contributed by atoms with van der Waals surface area (Å²) in [5.41, 5.74) is 0.154. The van der Waals surface area contributed by atoms with Crippen LogP contribution in [0, 0.1) is 0 Å². The fourth-order valence-electron chi connectivity index (χ4n) is 3.26. The largest absolute Gasteiger partial charge is 0.375 e. The van der Waals surface area contributed by atoms with Crippen LogP contribution in [-0.2, 0) is 9.53 Å². The maximum atomic E-state index is 11.2. The Kier molecular flexibility index (Phi) is 5.01. The molecule has 4 nitrogen and oxygen atoms in total. The van der Waals surface area contributed by atoms with E-state index in [1.807, 2.05) is 0 Å². The van der Waals surface area contributed by atoms with Gasteiger partial charge in [0.05, 0.1) is 5.60 Å². The minimum absolute atomic E-state index is 0.113.